The van der Waals surface area contributed by atoms with Crippen LogP contribution in [-0.2, 0) is 10.0 Å². The number of sulfonamides is 1. The van der Waals surface area contributed by atoms with Crippen LogP contribution in [0.2, 0.25) is 10.0 Å². The summed E-state index contributed by atoms with van der Waals surface area (Å²) in [5.74, 6) is 0. The first-order valence-electron chi connectivity index (χ1n) is 6.24. The number of hydrogen-bond donors (Lipinski definition) is 0. The molecular formula is C15H15Cl2NO2S. The highest BCUT2D eigenvalue weighted by atomic mass is 35.5. The maximum atomic E-state index is 12.7. The van der Waals surface area contributed by atoms with Gasteiger partial charge in [-0.05, 0) is 43.7 Å². The first-order chi connectivity index (χ1) is 9.73. The molecule has 0 amide bonds. The van der Waals surface area contributed by atoms with Crippen molar-refractivity contribution in [3.05, 3.63) is 57.6 Å². The lowest BCUT2D eigenvalue weighted by molar-refractivity contribution is 0.594. The Labute approximate surface area is 135 Å². The monoisotopic (exact) mass is 343 g/mol. The van der Waals surface area contributed by atoms with Crippen molar-refractivity contribution >= 4 is 38.9 Å². The van der Waals surface area contributed by atoms with Gasteiger partial charge in [-0.15, -0.1) is 0 Å². The number of rotatable bonds is 3. The molecule has 0 bridgehead atoms. The summed E-state index contributed by atoms with van der Waals surface area (Å²) in [7, 11) is -2.26. The summed E-state index contributed by atoms with van der Waals surface area (Å²) in [4.78, 5) is -0.000795. The van der Waals surface area contributed by atoms with E-state index in [4.69, 9.17) is 23.2 Å². The summed E-state index contributed by atoms with van der Waals surface area (Å²) in [6.07, 6.45) is 0. The van der Waals surface area contributed by atoms with Crippen LogP contribution in [0.5, 0.6) is 0 Å². The fourth-order valence-electron chi connectivity index (χ4n) is 2.11. The number of benzene rings is 2. The molecule has 0 N–H and O–H groups in total. The second kappa shape index (κ2) is 5.87. The SMILES string of the molecule is Cc1ccc(N(C)S(=O)(=O)c2cc(Cl)ccc2Cl)c(C)c1. The van der Waals surface area contributed by atoms with Gasteiger partial charge < -0.3 is 0 Å². The van der Waals surface area contributed by atoms with E-state index in [9.17, 15) is 8.42 Å². The van der Waals surface area contributed by atoms with E-state index in [-0.39, 0.29) is 9.92 Å². The lowest BCUT2D eigenvalue weighted by Gasteiger charge is -2.22. The molecule has 2 aromatic rings. The predicted octanol–water partition coefficient (Wildman–Crippen LogP) is 4.44. The van der Waals surface area contributed by atoms with Crippen LogP contribution in [0.3, 0.4) is 0 Å². The average Bonchev–Trinajstić information content (AvgIpc) is 2.40. The van der Waals surface area contributed by atoms with Crippen molar-refractivity contribution < 1.29 is 8.42 Å². The molecule has 0 radical (unpaired) electrons. The highest BCUT2D eigenvalue weighted by Crippen LogP contribution is 2.31. The van der Waals surface area contributed by atoms with Crippen molar-refractivity contribution in [3.8, 4) is 0 Å². The van der Waals surface area contributed by atoms with Gasteiger partial charge in [-0.25, -0.2) is 8.42 Å². The summed E-state index contributed by atoms with van der Waals surface area (Å²) in [5.41, 5.74) is 2.55. The zero-order valence-corrected chi connectivity index (χ0v) is 14.2. The van der Waals surface area contributed by atoms with E-state index in [2.05, 4.69) is 0 Å². The Hall–Kier alpha value is -1.23. The first-order valence-corrected chi connectivity index (χ1v) is 8.44. The van der Waals surface area contributed by atoms with E-state index in [0.29, 0.717) is 10.7 Å². The third kappa shape index (κ3) is 3.18. The zero-order chi connectivity index (χ0) is 15.8. The summed E-state index contributed by atoms with van der Waals surface area (Å²) < 4.78 is 26.7. The normalized spacial score (nSPS) is 11.5. The van der Waals surface area contributed by atoms with Gasteiger partial charge in [0.1, 0.15) is 4.90 Å². The van der Waals surface area contributed by atoms with Gasteiger partial charge in [0.2, 0.25) is 0 Å². The molecule has 0 saturated carbocycles. The lowest BCUT2D eigenvalue weighted by Crippen LogP contribution is -2.27. The van der Waals surface area contributed by atoms with Gasteiger partial charge in [-0.1, -0.05) is 40.9 Å². The molecule has 0 fully saturated rings. The van der Waals surface area contributed by atoms with Gasteiger partial charge in [0.25, 0.3) is 10.0 Å². The van der Waals surface area contributed by atoms with E-state index in [0.717, 1.165) is 11.1 Å². The molecule has 2 rings (SSSR count). The minimum Gasteiger partial charge on any atom is -0.269 e. The number of anilines is 1. The standard InChI is InChI=1S/C15H15Cl2NO2S/c1-10-4-7-14(11(2)8-10)18(3)21(19,20)15-9-12(16)5-6-13(15)17/h4-9H,1-3H3. The Bertz CT molecular complexity index is 788. The van der Waals surface area contributed by atoms with Crippen molar-refractivity contribution in [2.75, 3.05) is 11.4 Å². The fourth-order valence-corrected chi connectivity index (χ4v) is 4.11. The second-order valence-electron chi connectivity index (χ2n) is 4.84. The molecule has 21 heavy (non-hydrogen) atoms. The molecule has 6 heteroatoms. The quantitative estimate of drug-likeness (QED) is 0.826. The zero-order valence-electron chi connectivity index (χ0n) is 11.9. The van der Waals surface area contributed by atoms with Crippen LogP contribution in [0.15, 0.2) is 41.3 Å². The molecule has 0 aliphatic rings. The average molecular weight is 344 g/mol. The summed E-state index contributed by atoms with van der Waals surface area (Å²) >= 11 is 11.9. The molecule has 0 unspecified atom stereocenters. The molecule has 0 aliphatic carbocycles. The first kappa shape index (κ1) is 16.1. The smallest absolute Gasteiger partial charge is 0.265 e. The van der Waals surface area contributed by atoms with E-state index < -0.39 is 10.0 Å². The van der Waals surface area contributed by atoms with Crippen LogP contribution in [-0.4, -0.2) is 15.5 Å². The van der Waals surface area contributed by atoms with E-state index in [1.54, 1.807) is 12.1 Å². The number of hydrogen-bond acceptors (Lipinski definition) is 2. The van der Waals surface area contributed by atoms with Crippen molar-refractivity contribution in [1.29, 1.82) is 0 Å². The molecule has 0 atom stereocenters. The van der Waals surface area contributed by atoms with Crippen molar-refractivity contribution in [1.82, 2.24) is 0 Å². The second-order valence-corrected chi connectivity index (χ2v) is 7.62. The number of aryl methyl sites for hydroxylation is 2. The van der Waals surface area contributed by atoms with Crippen molar-refractivity contribution in [2.24, 2.45) is 0 Å². The van der Waals surface area contributed by atoms with E-state index in [1.165, 1.54) is 23.5 Å². The van der Waals surface area contributed by atoms with Crippen molar-refractivity contribution in [2.45, 2.75) is 18.7 Å². The Morgan fingerprint density at radius 1 is 1.00 bits per heavy atom. The van der Waals surface area contributed by atoms with Crippen LogP contribution in [0.1, 0.15) is 11.1 Å². The molecule has 0 aliphatic heterocycles. The fraction of sp³-hybridized carbons (Fsp3) is 0.200. The summed E-state index contributed by atoms with van der Waals surface area (Å²) in [5, 5.41) is 0.475. The van der Waals surface area contributed by atoms with Crippen LogP contribution >= 0.6 is 23.2 Å². The number of halogens is 2. The Morgan fingerprint density at radius 3 is 2.29 bits per heavy atom. The predicted molar refractivity (Wildman–Crippen MR) is 88.0 cm³/mol. The highest BCUT2D eigenvalue weighted by molar-refractivity contribution is 7.93. The minimum absolute atomic E-state index is 0.000795. The van der Waals surface area contributed by atoms with Crippen molar-refractivity contribution in [3.63, 3.8) is 0 Å². The molecule has 0 spiro atoms. The van der Waals surface area contributed by atoms with Crippen LogP contribution in [0, 0.1) is 13.8 Å². The molecule has 0 saturated heterocycles. The van der Waals surface area contributed by atoms with Gasteiger partial charge in [0, 0.05) is 12.1 Å². The van der Waals surface area contributed by atoms with Gasteiger partial charge >= 0.3 is 0 Å². The Morgan fingerprint density at radius 2 is 1.67 bits per heavy atom. The molecule has 3 nitrogen and oxygen atoms in total. The Kier molecular flexibility index (Phi) is 4.51. The van der Waals surface area contributed by atoms with Crippen LogP contribution in [0.4, 0.5) is 5.69 Å². The third-order valence-electron chi connectivity index (χ3n) is 3.22. The van der Waals surface area contributed by atoms with E-state index >= 15 is 0 Å². The van der Waals surface area contributed by atoms with E-state index in [1.807, 2.05) is 26.0 Å². The summed E-state index contributed by atoms with van der Waals surface area (Å²) in [6.45, 7) is 3.83. The third-order valence-corrected chi connectivity index (χ3v) is 5.71. The molecule has 2 aromatic carbocycles. The largest absolute Gasteiger partial charge is 0.269 e. The highest BCUT2D eigenvalue weighted by Gasteiger charge is 2.25. The molecule has 0 heterocycles. The molecule has 112 valence electrons. The van der Waals surface area contributed by atoms with Gasteiger partial charge in [-0.3, -0.25) is 4.31 Å². The van der Waals surface area contributed by atoms with Gasteiger partial charge in [0.05, 0.1) is 10.7 Å². The van der Waals surface area contributed by atoms with Gasteiger partial charge in [-0.2, -0.15) is 0 Å². The number of nitrogens with zero attached hydrogens (tertiary/aromatic N) is 1. The van der Waals surface area contributed by atoms with Crippen LogP contribution in [0.25, 0.3) is 0 Å². The molecule has 0 aromatic heterocycles. The minimum atomic E-state index is -3.76. The maximum Gasteiger partial charge on any atom is 0.265 e. The van der Waals surface area contributed by atoms with Gasteiger partial charge in [0.15, 0.2) is 0 Å². The molecular weight excluding hydrogens is 329 g/mol. The summed E-state index contributed by atoms with van der Waals surface area (Å²) in [6, 6.07) is 9.97. The topological polar surface area (TPSA) is 37.4 Å². The Balaban J connectivity index is 2.55. The maximum absolute atomic E-state index is 12.7. The lowest BCUT2D eigenvalue weighted by atomic mass is 10.1. The van der Waals surface area contributed by atoms with Crippen LogP contribution < -0.4 is 4.31 Å².